The van der Waals surface area contributed by atoms with Crippen molar-refractivity contribution in [1.82, 2.24) is 24.8 Å². The largest absolute Gasteiger partial charge is 0.418 e. The smallest absolute Gasteiger partial charge is 0.382 e. The molecule has 2 fully saturated rings. The van der Waals surface area contributed by atoms with Crippen LogP contribution in [0.25, 0.3) is 16.8 Å². The van der Waals surface area contributed by atoms with Gasteiger partial charge in [-0.1, -0.05) is 0 Å². The quantitative estimate of drug-likeness (QED) is 0.439. The average molecular weight is 590 g/mol. The minimum Gasteiger partial charge on any atom is -0.382 e. The van der Waals surface area contributed by atoms with Crippen molar-refractivity contribution in [2.24, 2.45) is 5.92 Å². The topological polar surface area (TPSA) is 106 Å². The number of nitrogens with two attached hydrogens (primary N) is 1. The zero-order chi connectivity index (χ0) is 29.9. The van der Waals surface area contributed by atoms with Gasteiger partial charge in [0.1, 0.15) is 35.2 Å². The molecular formula is C25H22F8N6O2. The Labute approximate surface area is 226 Å². The number of likely N-dealkylation sites (tertiary alicyclic amines) is 1. The molecule has 3 heterocycles. The minimum absolute atomic E-state index is 0.0828. The molecule has 8 nitrogen and oxygen atoms in total. The number of benzene rings is 1. The number of nitrogen functional groups attached to an aromatic ring is 1. The monoisotopic (exact) mass is 590 g/mol. The van der Waals surface area contributed by atoms with Gasteiger partial charge >= 0.3 is 6.18 Å². The normalized spacial score (nSPS) is 21.4. The lowest BCUT2D eigenvalue weighted by Gasteiger charge is -2.30. The molecule has 16 heteroatoms. The number of hydrogen-bond acceptors (Lipinski definition) is 5. The third-order valence-electron chi connectivity index (χ3n) is 7.43. The highest BCUT2D eigenvalue weighted by molar-refractivity contribution is 5.96. The Morgan fingerprint density at radius 3 is 2.44 bits per heavy atom. The van der Waals surface area contributed by atoms with Crippen LogP contribution in [0.1, 0.15) is 41.6 Å². The molecule has 3 N–H and O–H groups in total. The van der Waals surface area contributed by atoms with E-state index in [9.17, 15) is 40.3 Å². The van der Waals surface area contributed by atoms with Crippen LogP contribution in [-0.4, -0.2) is 62.5 Å². The van der Waals surface area contributed by atoms with E-state index >= 15 is 4.39 Å². The van der Waals surface area contributed by atoms with Gasteiger partial charge in [0.05, 0.1) is 23.8 Å². The van der Waals surface area contributed by atoms with Crippen molar-refractivity contribution >= 4 is 23.1 Å². The summed E-state index contributed by atoms with van der Waals surface area (Å²) < 4.78 is 114. The third-order valence-corrected chi connectivity index (χ3v) is 7.43. The number of nitrogens with zero attached hydrogens (tertiary/aromatic N) is 4. The third kappa shape index (κ3) is 5.26. The number of fused-ring (bicyclic) bond motifs is 1. The van der Waals surface area contributed by atoms with Gasteiger partial charge in [-0.25, -0.2) is 31.5 Å². The molecule has 1 aliphatic carbocycles. The number of halogens is 8. The maximum absolute atomic E-state index is 15.6. The fraction of sp³-hybridized carbons (Fsp3) is 0.440. The number of hydrogen-bond donors (Lipinski definition) is 2. The molecule has 220 valence electrons. The minimum atomic E-state index is -4.94. The van der Waals surface area contributed by atoms with Crippen molar-refractivity contribution in [2.45, 2.75) is 50.0 Å². The molecule has 2 amide bonds. The van der Waals surface area contributed by atoms with E-state index in [0.29, 0.717) is 16.6 Å². The van der Waals surface area contributed by atoms with Gasteiger partial charge in [-0.3, -0.25) is 9.59 Å². The number of amides is 2. The standard InChI is InChI=1S/C25H22F8N6O2/c26-14-2-1-12(17-7-13(25(31,32)33)20-21(34)35-10-36-39(17)20)19(28)18(14)22(40)37-16-9-38(8-15(16)27)23(41)11-3-5-24(29,30)6-4-11/h1-2,7,10-11,15-16H,3-6,8-9H2,(H,37,40)(H2,34,35,36)/t15-,16+/m0/s1. The number of anilines is 1. The van der Waals surface area contributed by atoms with Crippen LogP contribution in [0, 0.1) is 17.6 Å². The van der Waals surface area contributed by atoms with Gasteiger partial charge in [-0.15, -0.1) is 0 Å². The van der Waals surface area contributed by atoms with Crippen molar-refractivity contribution in [3.05, 3.63) is 47.3 Å². The molecule has 1 saturated heterocycles. The summed E-state index contributed by atoms with van der Waals surface area (Å²) in [6, 6.07) is 0.610. The molecular weight excluding hydrogens is 568 g/mol. The van der Waals surface area contributed by atoms with Crippen LogP contribution in [0.2, 0.25) is 0 Å². The highest BCUT2D eigenvalue weighted by Crippen LogP contribution is 2.40. The Bertz CT molecular complexity index is 1510. The van der Waals surface area contributed by atoms with Gasteiger partial charge in [0, 0.05) is 30.9 Å². The Balaban J connectivity index is 1.40. The SMILES string of the molecule is Nc1ncnn2c(-c3ccc(F)c(C(=O)N[C@@H]4CN(C(=O)C5CCC(F)(F)CC5)C[C@@H]4F)c3F)cc(C(F)(F)F)c12. The Kier molecular flexibility index (Phi) is 7.06. The molecule has 0 radical (unpaired) electrons. The van der Waals surface area contributed by atoms with Crippen LogP contribution in [0.15, 0.2) is 24.5 Å². The summed E-state index contributed by atoms with van der Waals surface area (Å²) in [4.78, 5) is 30.3. The van der Waals surface area contributed by atoms with E-state index < -0.39 is 107 Å². The summed E-state index contributed by atoms with van der Waals surface area (Å²) in [6.45, 7) is -0.824. The molecule has 5 rings (SSSR count). The molecule has 0 unspecified atom stereocenters. The lowest BCUT2D eigenvalue weighted by Crippen LogP contribution is -2.43. The number of alkyl halides is 6. The molecule has 0 spiro atoms. The van der Waals surface area contributed by atoms with Crippen LogP contribution in [0.5, 0.6) is 0 Å². The fourth-order valence-corrected chi connectivity index (χ4v) is 5.30. The summed E-state index contributed by atoms with van der Waals surface area (Å²) in [5, 5.41) is 5.83. The van der Waals surface area contributed by atoms with Crippen LogP contribution >= 0.6 is 0 Å². The number of aromatic nitrogens is 3. The first-order valence-corrected chi connectivity index (χ1v) is 12.5. The van der Waals surface area contributed by atoms with Crippen molar-refractivity contribution in [3.63, 3.8) is 0 Å². The van der Waals surface area contributed by atoms with E-state index in [1.807, 2.05) is 0 Å². The van der Waals surface area contributed by atoms with E-state index in [1.54, 1.807) is 0 Å². The summed E-state index contributed by atoms with van der Waals surface area (Å²) >= 11 is 0. The average Bonchev–Trinajstić information content (AvgIpc) is 3.45. The summed E-state index contributed by atoms with van der Waals surface area (Å²) in [7, 11) is 0. The van der Waals surface area contributed by atoms with Gasteiger partial charge in [-0.2, -0.15) is 18.3 Å². The lowest BCUT2D eigenvalue weighted by atomic mass is 9.86. The van der Waals surface area contributed by atoms with Gasteiger partial charge in [-0.05, 0) is 31.0 Å². The molecule has 2 aliphatic rings. The van der Waals surface area contributed by atoms with Crippen molar-refractivity contribution in [3.8, 4) is 11.3 Å². The number of rotatable bonds is 4. The first kappa shape index (κ1) is 28.5. The summed E-state index contributed by atoms with van der Waals surface area (Å²) in [6.07, 6.45) is -7.07. The first-order chi connectivity index (χ1) is 19.2. The van der Waals surface area contributed by atoms with Gasteiger partial charge in [0.15, 0.2) is 5.82 Å². The first-order valence-electron chi connectivity index (χ1n) is 12.5. The molecule has 3 aromatic rings. The second-order valence-electron chi connectivity index (χ2n) is 10.1. The van der Waals surface area contributed by atoms with E-state index in [2.05, 4.69) is 15.4 Å². The molecule has 0 bridgehead atoms. The van der Waals surface area contributed by atoms with Crippen LogP contribution in [0.4, 0.5) is 40.9 Å². The highest BCUT2D eigenvalue weighted by Gasteiger charge is 2.43. The fourth-order valence-electron chi connectivity index (χ4n) is 5.30. The summed E-state index contributed by atoms with van der Waals surface area (Å²) in [5.41, 5.74) is 1.29. The van der Waals surface area contributed by atoms with Crippen LogP contribution in [-0.2, 0) is 11.0 Å². The molecule has 41 heavy (non-hydrogen) atoms. The zero-order valence-corrected chi connectivity index (χ0v) is 21.0. The molecule has 2 atom stereocenters. The highest BCUT2D eigenvalue weighted by atomic mass is 19.4. The Hall–Kier alpha value is -3.98. The van der Waals surface area contributed by atoms with Crippen molar-refractivity contribution in [2.75, 3.05) is 18.8 Å². The maximum atomic E-state index is 15.6. The molecule has 2 aromatic heterocycles. The van der Waals surface area contributed by atoms with Gasteiger partial charge in [0.25, 0.3) is 5.91 Å². The second-order valence-corrected chi connectivity index (χ2v) is 10.1. The molecule has 1 aliphatic heterocycles. The molecule has 1 saturated carbocycles. The lowest BCUT2D eigenvalue weighted by molar-refractivity contribution is -0.139. The van der Waals surface area contributed by atoms with Crippen molar-refractivity contribution < 1.29 is 44.7 Å². The van der Waals surface area contributed by atoms with Crippen LogP contribution in [0.3, 0.4) is 0 Å². The number of carbonyl (C=O) groups excluding carboxylic acids is 2. The van der Waals surface area contributed by atoms with E-state index in [4.69, 9.17) is 5.73 Å². The van der Waals surface area contributed by atoms with Gasteiger partial charge in [0.2, 0.25) is 11.8 Å². The van der Waals surface area contributed by atoms with Crippen LogP contribution < -0.4 is 11.1 Å². The Morgan fingerprint density at radius 2 is 1.78 bits per heavy atom. The predicted molar refractivity (Wildman–Crippen MR) is 127 cm³/mol. The van der Waals surface area contributed by atoms with Crippen molar-refractivity contribution in [1.29, 1.82) is 0 Å². The number of nitrogens with one attached hydrogen (secondary N) is 1. The zero-order valence-electron chi connectivity index (χ0n) is 21.0. The number of carbonyl (C=O) groups is 2. The summed E-state index contributed by atoms with van der Waals surface area (Å²) in [5.74, 6) is -9.05. The Morgan fingerprint density at radius 1 is 1.10 bits per heavy atom. The van der Waals surface area contributed by atoms with E-state index in [-0.39, 0.29) is 19.4 Å². The predicted octanol–water partition coefficient (Wildman–Crippen LogP) is 4.38. The van der Waals surface area contributed by atoms with E-state index in [0.717, 1.165) is 17.3 Å². The second kappa shape index (κ2) is 10.1. The van der Waals surface area contributed by atoms with E-state index in [1.165, 1.54) is 0 Å². The molecule has 1 aromatic carbocycles. The maximum Gasteiger partial charge on any atom is 0.418 e. The van der Waals surface area contributed by atoms with Gasteiger partial charge < -0.3 is 16.0 Å².